The van der Waals surface area contributed by atoms with E-state index in [0.29, 0.717) is 17.2 Å². The van der Waals surface area contributed by atoms with Crippen molar-refractivity contribution in [2.24, 2.45) is 0 Å². The van der Waals surface area contributed by atoms with Crippen molar-refractivity contribution in [3.8, 4) is 22.9 Å². The molecule has 7 nitrogen and oxygen atoms in total. The first-order valence-electron chi connectivity index (χ1n) is 10.00. The van der Waals surface area contributed by atoms with Crippen molar-refractivity contribution in [3.63, 3.8) is 0 Å². The van der Waals surface area contributed by atoms with Gasteiger partial charge in [-0.1, -0.05) is 30.7 Å². The maximum absolute atomic E-state index is 12.7. The van der Waals surface area contributed by atoms with E-state index in [1.807, 2.05) is 42.5 Å². The third-order valence-electron chi connectivity index (χ3n) is 5.30. The molecule has 3 heterocycles. The van der Waals surface area contributed by atoms with Crippen molar-refractivity contribution < 1.29 is 14.3 Å². The Morgan fingerprint density at radius 1 is 1.03 bits per heavy atom. The van der Waals surface area contributed by atoms with E-state index in [4.69, 9.17) is 9.47 Å². The molecule has 148 valence electrons. The van der Waals surface area contributed by atoms with Crippen molar-refractivity contribution >= 4 is 11.6 Å². The lowest BCUT2D eigenvalue weighted by molar-refractivity contribution is -0.125. The molecule has 0 fully saturated rings. The Balaban J connectivity index is 1.33. The molecule has 0 bridgehead atoms. The van der Waals surface area contributed by atoms with Gasteiger partial charge in [0.15, 0.2) is 17.3 Å². The normalized spacial score (nSPS) is 17.9. The molecule has 3 aromatic rings. The van der Waals surface area contributed by atoms with Gasteiger partial charge in [-0.05, 0) is 37.1 Å². The van der Waals surface area contributed by atoms with Gasteiger partial charge in [0.2, 0.25) is 6.10 Å². The number of fused-ring (bicyclic) bond motifs is 2. The van der Waals surface area contributed by atoms with Crippen molar-refractivity contribution in [2.45, 2.75) is 38.3 Å². The number of nitrogens with zero attached hydrogens (tertiary/aromatic N) is 3. The second-order valence-electron chi connectivity index (χ2n) is 7.34. The SMILES string of the molecule is O=C(Nc1cccc(-c2nnc3n2CCCCC3)c1)C1COc2ccccc2O1. The Bertz CT molecular complexity index is 1050. The number of para-hydroxylation sites is 2. The molecule has 1 N–H and O–H groups in total. The van der Waals surface area contributed by atoms with Gasteiger partial charge in [0, 0.05) is 24.2 Å². The van der Waals surface area contributed by atoms with E-state index in [0.717, 1.165) is 43.0 Å². The van der Waals surface area contributed by atoms with Gasteiger partial charge in [-0.2, -0.15) is 0 Å². The first kappa shape index (κ1) is 17.7. The molecule has 2 aromatic carbocycles. The number of aryl methyl sites for hydroxylation is 1. The molecule has 1 atom stereocenters. The van der Waals surface area contributed by atoms with Crippen LogP contribution in [0.25, 0.3) is 11.4 Å². The molecule has 0 saturated carbocycles. The molecule has 2 aliphatic rings. The van der Waals surface area contributed by atoms with Crippen LogP contribution in [-0.2, 0) is 17.8 Å². The van der Waals surface area contributed by atoms with E-state index in [9.17, 15) is 4.79 Å². The molecule has 1 aromatic heterocycles. The molecule has 0 radical (unpaired) electrons. The van der Waals surface area contributed by atoms with Crippen LogP contribution in [0.2, 0.25) is 0 Å². The fourth-order valence-corrected chi connectivity index (χ4v) is 3.81. The van der Waals surface area contributed by atoms with Crippen LogP contribution in [0.1, 0.15) is 25.1 Å². The second-order valence-corrected chi connectivity index (χ2v) is 7.34. The Labute approximate surface area is 168 Å². The molecule has 7 heteroatoms. The van der Waals surface area contributed by atoms with Crippen LogP contribution >= 0.6 is 0 Å². The van der Waals surface area contributed by atoms with Crippen LogP contribution in [-0.4, -0.2) is 33.4 Å². The summed E-state index contributed by atoms with van der Waals surface area (Å²) in [4.78, 5) is 12.7. The highest BCUT2D eigenvalue weighted by molar-refractivity contribution is 5.95. The van der Waals surface area contributed by atoms with Gasteiger partial charge in [-0.15, -0.1) is 10.2 Å². The molecule has 29 heavy (non-hydrogen) atoms. The molecule has 1 amide bonds. The number of amides is 1. The topological polar surface area (TPSA) is 78.3 Å². The molecule has 5 rings (SSSR count). The average Bonchev–Trinajstić information content (AvgIpc) is 3.02. The lowest BCUT2D eigenvalue weighted by Crippen LogP contribution is -2.40. The van der Waals surface area contributed by atoms with E-state index in [1.165, 1.54) is 6.42 Å². The van der Waals surface area contributed by atoms with Crippen molar-refractivity contribution in [3.05, 3.63) is 54.4 Å². The Morgan fingerprint density at radius 3 is 2.86 bits per heavy atom. The zero-order valence-corrected chi connectivity index (χ0v) is 16.0. The molecule has 0 saturated heterocycles. The summed E-state index contributed by atoms with van der Waals surface area (Å²) in [6, 6.07) is 15.1. The highest BCUT2D eigenvalue weighted by Crippen LogP contribution is 2.31. The number of carbonyl (C=O) groups excluding carboxylic acids is 1. The largest absolute Gasteiger partial charge is 0.485 e. The molecule has 0 spiro atoms. The van der Waals surface area contributed by atoms with Gasteiger partial charge in [-0.25, -0.2) is 0 Å². The maximum Gasteiger partial charge on any atom is 0.269 e. The van der Waals surface area contributed by atoms with Crippen molar-refractivity contribution in [1.82, 2.24) is 14.8 Å². The predicted octanol–water partition coefficient (Wildman–Crippen LogP) is 3.45. The third-order valence-corrected chi connectivity index (χ3v) is 5.30. The molecule has 2 aliphatic heterocycles. The van der Waals surface area contributed by atoms with Crippen molar-refractivity contribution in [2.75, 3.05) is 11.9 Å². The Morgan fingerprint density at radius 2 is 1.93 bits per heavy atom. The number of ether oxygens (including phenoxy) is 2. The van der Waals surface area contributed by atoms with E-state index in [-0.39, 0.29) is 12.5 Å². The predicted molar refractivity (Wildman–Crippen MR) is 108 cm³/mol. The number of benzene rings is 2. The second kappa shape index (κ2) is 7.58. The number of hydrogen-bond acceptors (Lipinski definition) is 5. The van der Waals surface area contributed by atoms with E-state index in [1.54, 1.807) is 6.07 Å². The average molecular weight is 390 g/mol. The number of anilines is 1. The van der Waals surface area contributed by atoms with Crippen LogP contribution in [0.15, 0.2) is 48.5 Å². The van der Waals surface area contributed by atoms with E-state index < -0.39 is 6.10 Å². The minimum atomic E-state index is -0.696. The number of hydrogen-bond donors (Lipinski definition) is 1. The lowest BCUT2D eigenvalue weighted by Gasteiger charge is -2.25. The summed E-state index contributed by atoms with van der Waals surface area (Å²) in [5.41, 5.74) is 1.63. The smallest absolute Gasteiger partial charge is 0.269 e. The minimum Gasteiger partial charge on any atom is -0.485 e. The molecular weight excluding hydrogens is 368 g/mol. The fourth-order valence-electron chi connectivity index (χ4n) is 3.81. The summed E-state index contributed by atoms with van der Waals surface area (Å²) < 4.78 is 13.6. The van der Waals surface area contributed by atoms with Crippen molar-refractivity contribution in [1.29, 1.82) is 0 Å². The van der Waals surface area contributed by atoms with Gasteiger partial charge in [0.25, 0.3) is 5.91 Å². The summed E-state index contributed by atoms with van der Waals surface area (Å²) in [6.45, 7) is 1.11. The van der Waals surface area contributed by atoms with Crippen LogP contribution < -0.4 is 14.8 Å². The fraction of sp³-hybridized carbons (Fsp3) is 0.318. The van der Waals surface area contributed by atoms with Gasteiger partial charge in [0.05, 0.1) is 0 Å². The summed E-state index contributed by atoms with van der Waals surface area (Å²) in [6.07, 6.45) is 3.77. The Kier molecular flexibility index (Phi) is 4.63. The highest BCUT2D eigenvalue weighted by atomic mass is 16.6. The Hall–Kier alpha value is -3.35. The van der Waals surface area contributed by atoms with Crippen LogP contribution in [0.4, 0.5) is 5.69 Å². The third kappa shape index (κ3) is 3.55. The first-order valence-corrected chi connectivity index (χ1v) is 10.00. The highest BCUT2D eigenvalue weighted by Gasteiger charge is 2.27. The zero-order valence-electron chi connectivity index (χ0n) is 16.0. The first-order chi connectivity index (χ1) is 14.3. The lowest BCUT2D eigenvalue weighted by atomic mass is 10.1. The summed E-state index contributed by atoms with van der Waals surface area (Å²) in [5.74, 6) is 2.89. The van der Waals surface area contributed by atoms with Crippen LogP contribution in [0.3, 0.4) is 0 Å². The van der Waals surface area contributed by atoms with Crippen LogP contribution in [0.5, 0.6) is 11.5 Å². The maximum atomic E-state index is 12.7. The van der Waals surface area contributed by atoms with E-state index >= 15 is 0 Å². The monoisotopic (exact) mass is 390 g/mol. The summed E-state index contributed by atoms with van der Waals surface area (Å²) in [5, 5.41) is 11.7. The van der Waals surface area contributed by atoms with Gasteiger partial charge in [0.1, 0.15) is 12.4 Å². The molecule has 0 aliphatic carbocycles. The van der Waals surface area contributed by atoms with Gasteiger partial charge < -0.3 is 19.4 Å². The quantitative estimate of drug-likeness (QED) is 0.741. The number of aromatic nitrogens is 3. The molecular formula is C22H22N4O3. The van der Waals surface area contributed by atoms with Crippen LogP contribution in [0, 0.1) is 0 Å². The standard InChI is InChI=1S/C22H22N4O3/c27-22(19-14-28-17-9-3-4-10-18(17)29-19)23-16-8-6-7-15(13-16)21-25-24-20-11-2-1-5-12-26(20)21/h3-4,6-10,13,19H,1-2,5,11-12,14H2,(H,23,27). The van der Waals surface area contributed by atoms with Gasteiger partial charge in [-0.3, -0.25) is 4.79 Å². The minimum absolute atomic E-state index is 0.181. The summed E-state index contributed by atoms with van der Waals surface area (Å²) in [7, 11) is 0. The number of nitrogens with one attached hydrogen (secondary N) is 1. The number of carbonyl (C=O) groups is 1. The van der Waals surface area contributed by atoms with Gasteiger partial charge >= 0.3 is 0 Å². The number of rotatable bonds is 3. The van der Waals surface area contributed by atoms with E-state index in [2.05, 4.69) is 20.1 Å². The summed E-state index contributed by atoms with van der Waals surface area (Å²) >= 11 is 0. The zero-order chi connectivity index (χ0) is 19.6. The molecule has 1 unspecified atom stereocenters.